The van der Waals surface area contributed by atoms with Crippen LogP contribution in [-0.2, 0) is 9.59 Å². The van der Waals surface area contributed by atoms with Gasteiger partial charge in [-0.3, -0.25) is 9.59 Å². The van der Waals surface area contributed by atoms with Crippen molar-refractivity contribution >= 4 is 11.9 Å². The Morgan fingerprint density at radius 3 is 2.25 bits per heavy atom. The van der Waals surface area contributed by atoms with E-state index in [9.17, 15) is 9.59 Å². The number of carboxylic acid groups (broad SMARTS) is 1. The molecule has 5 nitrogen and oxygen atoms in total. The quantitative estimate of drug-likeness (QED) is 0.819. The van der Waals surface area contributed by atoms with Gasteiger partial charge < -0.3 is 15.3 Å². The number of piperidine rings is 1. The van der Waals surface area contributed by atoms with Crippen molar-refractivity contribution in [3.05, 3.63) is 0 Å². The minimum absolute atomic E-state index is 0.0436. The first-order valence-corrected chi connectivity index (χ1v) is 7.76. The van der Waals surface area contributed by atoms with Gasteiger partial charge in [0.15, 0.2) is 0 Å². The van der Waals surface area contributed by atoms with E-state index < -0.39 is 11.9 Å². The van der Waals surface area contributed by atoms with Gasteiger partial charge in [-0.15, -0.1) is 0 Å². The van der Waals surface area contributed by atoms with Crippen LogP contribution < -0.4 is 5.32 Å². The van der Waals surface area contributed by atoms with Gasteiger partial charge >= 0.3 is 5.97 Å². The number of carboxylic acids is 1. The summed E-state index contributed by atoms with van der Waals surface area (Å²) in [5.74, 6) is -1.67. The van der Waals surface area contributed by atoms with E-state index in [-0.39, 0.29) is 17.9 Å². The van der Waals surface area contributed by atoms with Gasteiger partial charge in [0.1, 0.15) is 0 Å². The van der Waals surface area contributed by atoms with Gasteiger partial charge in [0.25, 0.3) is 0 Å². The van der Waals surface area contributed by atoms with E-state index in [1.54, 1.807) is 0 Å². The van der Waals surface area contributed by atoms with Crippen LogP contribution >= 0.6 is 0 Å². The summed E-state index contributed by atoms with van der Waals surface area (Å²) in [6.07, 6.45) is 4.14. The molecule has 0 bridgehead atoms. The molecule has 2 aliphatic rings. The molecule has 0 aromatic rings. The third-order valence-corrected chi connectivity index (χ3v) is 4.78. The van der Waals surface area contributed by atoms with Crippen LogP contribution in [0.1, 0.15) is 46.0 Å². The maximum absolute atomic E-state index is 12.3. The lowest BCUT2D eigenvalue weighted by molar-refractivity contribution is -0.146. The van der Waals surface area contributed by atoms with Crippen LogP contribution in [0.15, 0.2) is 0 Å². The van der Waals surface area contributed by atoms with Crippen LogP contribution in [0.3, 0.4) is 0 Å². The zero-order chi connectivity index (χ0) is 14.7. The largest absolute Gasteiger partial charge is 0.481 e. The molecule has 0 spiro atoms. The molecule has 2 rings (SSSR count). The number of nitrogens with one attached hydrogen (secondary N) is 1. The van der Waals surface area contributed by atoms with E-state index in [4.69, 9.17) is 5.11 Å². The molecule has 1 aliphatic carbocycles. The Balaban J connectivity index is 1.82. The molecule has 2 unspecified atom stereocenters. The van der Waals surface area contributed by atoms with E-state index in [1.165, 1.54) is 0 Å². The fraction of sp³-hybridized carbons (Fsp3) is 0.867. The van der Waals surface area contributed by atoms with E-state index in [0.29, 0.717) is 18.9 Å². The third kappa shape index (κ3) is 3.51. The van der Waals surface area contributed by atoms with Crippen LogP contribution in [0.4, 0.5) is 0 Å². The van der Waals surface area contributed by atoms with Crippen LogP contribution in [0.25, 0.3) is 0 Å². The van der Waals surface area contributed by atoms with Gasteiger partial charge in [-0.2, -0.15) is 0 Å². The lowest BCUT2D eigenvalue weighted by Crippen LogP contribution is -2.48. The fourth-order valence-electron chi connectivity index (χ4n) is 3.44. The summed E-state index contributed by atoms with van der Waals surface area (Å²) in [6.45, 7) is 6.40. The number of rotatable bonds is 4. The van der Waals surface area contributed by atoms with Crippen molar-refractivity contribution in [3.63, 3.8) is 0 Å². The van der Waals surface area contributed by atoms with Gasteiger partial charge in [-0.1, -0.05) is 6.42 Å². The molecule has 1 saturated heterocycles. The Morgan fingerprint density at radius 1 is 1.10 bits per heavy atom. The lowest BCUT2D eigenvalue weighted by Gasteiger charge is -2.35. The molecule has 1 amide bonds. The van der Waals surface area contributed by atoms with Crippen LogP contribution in [0.2, 0.25) is 0 Å². The minimum atomic E-state index is -0.822. The highest BCUT2D eigenvalue weighted by molar-refractivity contribution is 5.85. The van der Waals surface area contributed by atoms with Crippen molar-refractivity contribution in [1.29, 1.82) is 0 Å². The van der Waals surface area contributed by atoms with Crippen molar-refractivity contribution in [2.24, 2.45) is 11.8 Å². The van der Waals surface area contributed by atoms with Crippen molar-refractivity contribution in [3.8, 4) is 0 Å². The molecule has 0 aromatic heterocycles. The summed E-state index contributed by atoms with van der Waals surface area (Å²) in [4.78, 5) is 25.8. The number of likely N-dealkylation sites (tertiary alicyclic amines) is 1. The molecule has 1 saturated carbocycles. The number of carbonyl (C=O) groups is 2. The zero-order valence-corrected chi connectivity index (χ0v) is 12.5. The Hall–Kier alpha value is -1.10. The van der Waals surface area contributed by atoms with Crippen LogP contribution in [0.5, 0.6) is 0 Å². The summed E-state index contributed by atoms with van der Waals surface area (Å²) in [5.41, 5.74) is 0. The first kappa shape index (κ1) is 15.3. The minimum Gasteiger partial charge on any atom is -0.481 e. The zero-order valence-electron chi connectivity index (χ0n) is 12.5. The summed E-state index contributed by atoms with van der Waals surface area (Å²) in [7, 11) is 0. The van der Waals surface area contributed by atoms with E-state index in [1.807, 2.05) is 0 Å². The molecule has 5 heteroatoms. The van der Waals surface area contributed by atoms with Crippen molar-refractivity contribution in [2.75, 3.05) is 13.1 Å². The molecule has 2 atom stereocenters. The highest BCUT2D eigenvalue weighted by atomic mass is 16.4. The highest BCUT2D eigenvalue weighted by Gasteiger charge is 2.38. The lowest BCUT2D eigenvalue weighted by atomic mass is 9.94. The monoisotopic (exact) mass is 282 g/mol. The molecule has 2 N–H and O–H groups in total. The number of hydrogen-bond acceptors (Lipinski definition) is 3. The number of hydrogen-bond donors (Lipinski definition) is 2. The second-order valence-electron chi connectivity index (χ2n) is 6.39. The number of nitrogens with zero attached hydrogens (tertiary/aromatic N) is 1. The predicted octanol–water partition coefficient (Wildman–Crippen LogP) is 1.48. The van der Waals surface area contributed by atoms with Gasteiger partial charge in [0, 0.05) is 25.2 Å². The Bertz CT molecular complexity index is 362. The molecule has 2 fully saturated rings. The molecular formula is C15H26N2O3. The average Bonchev–Trinajstić information content (AvgIpc) is 2.88. The summed E-state index contributed by atoms with van der Waals surface area (Å²) in [6, 6.07) is 0.769. The molecular weight excluding hydrogens is 256 g/mol. The topological polar surface area (TPSA) is 69.6 Å². The summed E-state index contributed by atoms with van der Waals surface area (Å²) in [5, 5.41) is 12.2. The molecule has 0 aromatic carbocycles. The maximum atomic E-state index is 12.3. The second kappa shape index (κ2) is 6.57. The first-order chi connectivity index (χ1) is 9.49. The normalized spacial score (nSPS) is 28.8. The summed E-state index contributed by atoms with van der Waals surface area (Å²) >= 11 is 0. The molecule has 0 radical (unpaired) electrons. The third-order valence-electron chi connectivity index (χ3n) is 4.78. The van der Waals surface area contributed by atoms with Crippen molar-refractivity contribution < 1.29 is 14.7 Å². The van der Waals surface area contributed by atoms with E-state index in [2.05, 4.69) is 24.1 Å². The maximum Gasteiger partial charge on any atom is 0.307 e. The fourth-order valence-corrected chi connectivity index (χ4v) is 3.44. The van der Waals surface area contributed by atoms with Crippen LogP contribution in [-0.4, -0.2) is 47.1 Å². The summed E-state index contributed by atoms with van der Waals surface area (Å²) < 4.78 is 0. The molecule has 20 heavy (non-hydrogen) atoms. The van der Waals surface area contributed by atoms with Crippen LogP contribution in [0, 0.1) is 11.8 Å². The Morgan fingerprint density at radius 2 is 1.70 bits per heavy atom. The molecule has 1 heterocycles. The van der Waals surface area contributed by atoms with Gasteiger partial charge in [-0.25, -0.2) is 0 Å². The number of amides is 1. The second-order valence-corrected chi connectivity index (χ2v) is 6.39. The van der Waals surface area contributed by atoms with Gasteiger partial charge in [-0.05, 0) is 39.5 Å². The standard InChI is InChI=1S/C15H26N2O3/c1-10(2)17-8-6-11(7-9-17)16-14(18)12-4-3-5-13(12)15(19)20/h10-13H,3-9H2,1-2H3,(H,16,18)(H,19,20). The predicted molar refractivity (Wildman–Crippen MR) is 76.3 cm³/mol. The SMILES string of the molecule is CC(C)N1CCC(NC(=O)C2CCCC2C(=O)O)CC1. The van der Waals surface area contributed by atoms with E-state index in [0.717, 1.165) is 32.4 Å². The first-order valence-electron chi connectivity index (χ1n) is 7.76. The smallest absolute Gasteiger partial charge is 0.307 e. The Kier molecular flexibility index (Phi) is 5.02. The number of carbonyl (C=O) groups excluding carboxylic acids is 1. The average molecular weight is 282 g/mol. The van der Waals surface area contributed by atoms with E-state index >= 15 is 0 Å². The molecule has 114 valence electrons. The molecule has 1 aliphatic heterocycles. The van der Waals surface area contributed by atoms with Crippen molar-refractivity contribution in [2.45, 2.75) is 58.0 Å². The van der Waals surface area contributed by atoms with Gasteiger partial charge in [0.05, 0.1) is 11.8 Å². The van der Waals surface area contributed by atoms with Gasteiger partial charge in [0.2, 0.25) is 5.91 Å². The highest BCUT2D eigenvalue weighted by Crippen LogP contribution is 2.32. The Labute approximate surface area is 120 Å². The number of aliphatic carboxylic acids is 1. The van der Waals surface area contributed by atoms with Crippen molar-refractivity contribution in [1.82, 2.24) is 10.2 Å².